The molecular weight excluding hydrogens is 200 g/mol. The summed E-state index contributed by atoms with van der Waals surface area (Å²) < 4.78 is 0. The fourth-order valence-electron chi connectivity index (χ4n) is 0.965. The van der Waals surface area contributed by atoms with Crippen molar-refractivity contribution in [1.82, 2.24) is 5.32 Å². The number of nitrogens with two attached hydrogens (primary N) is 1. The van der Waals surface area contributed by atoms with Gasteiger partial charge in [0.05, 0.1) is 0 Å². The number of carboxylic acid groups (broad SMARTS) is 1. The van der Waals surface area contributed by atoms with E-state index in [0.717, 1.165) is 11.1 Å². The number of nitrogens with one attached hydrogen (secondary N) is 1. The van der Waals surface area contributed by atoms with Crippen LogP contribution in [0.1, 0.15) is 11.1 Å². The maximum Gasteiger partial charge on any atom is 0.404 e. The number of thiocarbonyl (C=S) groups is 1. The third kappa shape index (κ3) is 3.02. The van der Waals surface area contributed by atoms with E-state index in [-0.39, 0.29) is 6.54 Å². The molecule has 1 rings (SSSR count). The molecule has 74 valence electrons. The van der Waals surface area contributed by atoms with Gasteiger partial charge in [-0.15, -0.1) is 0 Å². The van der Waals surface area contributed by atoms with Crippen LogP contribution in [0.5, 0.6) is 0 Å². The SMILES string of the molecule is NC(=S)c1ccc(CNC(=O)O)cc1. The number of benzene rings is 1. The molecule has 0 aliphatic heterocycles. The molecule has 1 aromatic carbocycles. The highest BCUT2D eigenvalue weighted by molar-refractivity contribution is 7.80. The van der Waals surface area contributed by atoms with E-state index in [9.17, 15) is 4.79 Å². The molecule has 0 saturated carbocycles. The van der Waals surface area contributed by atoms with Crippen molar-refractivity contribution in [2.24, 2.45) is 5.73 Å². The molecule has 0 bridgehead atoms. The van der Waals surface area contributed by atoms with Crippen LogP contribution in [0.3, 0.4) is 0 Å². The molecule has 14 heavy (non-hydrogen) atoms. The maximum absolute atomic E-state index is 10.2. The van der Waals surface area contributed by atoms with Crippen LogP contribution in [0.4, 0.5) is 4.79 Å². The Hall–Kier alpha value is -1.62. The van der Waals surface area contributed by atoms with Crippen LogP contribution in [0.2, 0.25) is 0 Å². The molecule has 0 aromatic heterocycles. The molecule has 5 heteroatoms. The summed E-state index contributed by atoms with van der Waals surface area (Å²) in [6.45, 7) is 0.285. The first-order valence-corrected chi connectivity index (χ1v) is 4.36. The van der Waals surface area contributed by atoms with Gasteiger partial charge in [0.25, 0.3) is 0 Å². The summed E-state index contributed by atoms with van der Waals surface area (Å²) in [5, 5.41) is 10.6. The number of hydrogen-bond acceptors (Lipinski definition) is 2. The minimum atomic E-state index is -1.04. The second kappa shape index (κ2) is 4.57. The first-order chi connectivity index (χ1) is 6.59. The van der Waals surface area contributed by atoms with E-state index in [2.05, 4.69) is 5.32 Å². The molecule has 0 heterocycles. The summed E-state index contributed by atoms with van der Waals surface area (Å²) in [6.07, 6.45) is -1.04. The van der Waals surface area contributed by atoms with Crippen LogP contribution >= 0.6 is 12.2 Å². The molecule has 0 radical (unpaired) electrons. The van der Waals surface area contributed by atoms with Gasteiger partial charge in [0.2, 0.25) is 0 Å². The van der Waals surface area contributed by atoms with E-state index in [1.54, 1.807) is 24.3 Å². The summed E-state index contributed by atoms with van der Waals surface area (Å²) in [4.78, 5) is 10.5. The Morgan fingerprint density at radius 1 is 1.43 bits per heavy atom. The summed E-state index contributed by atoms with van der Waals surface area (Å²) in [6, 6.07) is 7.09. The summed E-state index contributed by atoms with van der Waals surface area (Å²) >= 11 is 4.78. The van der Waals surface area contributed by atoms with Crippen molar-refractivity contribution in [3.05, 3.63) is 35.4 Å². The molecule has 4 N–H and O–H groups in total. The Labute approximate surface area is 86.7 Å². The Kier molecular flexibility index (Phi) is 3.41. The minimum Gasteiger partial charge on any atom is -0.465 e. The normalized spacial score (nSPS) is 9.43. The van der Waals surface area contributed by atoms with Crippen LogP contribution in [-0.2, 0) is 6.54 Å². The number of hydrogen-bond donors (Lipinski definition) is 3. The Morgan fingerprint density at radius 3 is 2.43 bits per heavy atom. The van der Waals surface area contributed by atoms with Crippen LogP contribution in [0, 0.1) is 0 Å². The van der Waals surface area contributed by atoms with Gasteiger partial charge in [0.15, 0.2) is 0 Å². The Morgan fingerprint density at radius 2 is 2.00 bits per heavy atom. The number of amides is 1. The molecular formula is C9H10N2O2S. The third-order valence-corrected chi connectivity index (χ3v) is 1.92. The smallest absolute Gasteiger partial charge is 0.404 e. The van der Waals surface area contributed by atoms with E-state index in [1.807, 2.05) is 0 Å². The standard InChI is InChI=1S/C9H10N2O2S/c10-8(14)7-3-1-6(2-4-7)5-11-9(12)13/h1-4,11H,5H2,(H2,10,14)(H,12,13). The molecule has 0 aliphatic carbocycles. The fourth-order valence-corrected chi connectivity index (χ4v) is 1.10. The first-order valence-electron chi connectivity index (χ1n) is 3.95. The number of rotatable bonds is 3. The largest absolute Gasteiger partial charge is 0.465 e. The van der Waals surface area contributed by atoms with Gasteiger partial charge in [-0.1, -0.05) is 36.5 Å². The average Bonchev–Trinajstić information content (AvgIpc) is 2.15. The molecule has 0 fully saturated rings. The fraction of sp³-hybridized carbons (Fsp3) is 0.111. The first kappa shape index (κ1) is 10.5. The van der Waals surface area contributed by atoms with Crippen molar-refractivity contribution in [3.8, 4) is 0 Å². The highest BCUT2D eigenvalue weighted by Gasteiger charge is 1.98. The van der Waals surface area contributed by atoms with Gasteiger partial charge >= 0.3 is 6.09 Å². The summed E-state index contributed by atoms with van der Waals surface area (Å²) in [7, 11) is 0. The molecule has 4 nitrogen and oxygen atoms in total. The van der Waals surface area contributed by atoms with E-state index in [1.165, 1.54) is 0 Å². The predicted octanol–water partition coefficient (Wildman–Crippen LogP) is 1.09. The van der Waals surface area contributed by atoms with Gasteiger partial charge in [-0.3, -0.25) is 0 Å². The van der Waals surface area contributed by atoms with Gasteiger partial charge in [-0.2, -0.15) is 0 Å². The molecule has 0 saturated heterocycles. The van der Waals surface area contributed by atoms with Crippen molar-refractivity contribution in [3.63, 3.8) is 0 Å². The van der Waals surface area contributed by atoms with Crippen molar-refractivity contribution < 1.29 is 9.90 Å². The second-order valence-corrected chi connectivity index (χ2v) is 3.16. The van der Waals surface area contributed by atoms with Crippen molar-refractivity contribution >= 4 is 23.3 Å². The van der Waals surface area contributed by atoms with Gasteiger partial charge in [0, 0.05) is 12.1 Å². The lowest BCUT2D eigenvalue weighted by atomic mass is 10.1. The zero-order valence-electron chi connectivity index (χ0n) is 7.36. The molecule has 0 unspecified atom stereocenters. The highest BCUT2D eigenvalue weighted by Crippen LogP contribution is 2.03. The molecule has 0 spiro atoms. The van der Waals surface area contributed by atoms with Crippen molar-refractivity contribution in [2.45, 2.75) is 6.54 Å². The van der Waals surface area contributed by atoms with E-state index < -0.39 is 6.09 Å². The summed E-state index contributed by atoms with van der Waals surface area (Å²) in [5.41, 5.74) is 7.05. The maximum atomic E-state index is 10.2. The Bertz CT molecular complexity index is 348. The van der Waals surface area contributed by atoms with Gasteiger partial charge in [-0.05, 0) is 5.56 Å². The van der Waals surface area contributed by atoms with Gasteiger partial charge in [-0.25, -0.2) is 4.79 Å². The van der Waals surface area contributed by atoms with Gasteiger partial charge < -0.3 is 16.2 Å². The zero-order valence-corrected chi connectivity index (χ0v) is 8.17. The van der Waals surface area contributed by atoms with Crippen molar-refractivity contribution in [2.75, 3.05) is 0 Å². The predicted molar refractivity (Wildman–Crippen MR) is 57.2 cm³/mol. The van der Waals surface area contributed by atoms with E-state index >= 15 is 0 Å². The average molecular weight is 210 g/mol. The van der Waals surface area contributed by atoms with Gasteiger partial charge in [0.1, 0.15) is 4.99 Å². The van der Waals surface area contributed by atoms with Crippen LogP contribution in [0.15, 0.2) is 24.3 Å². The quantitative estimate of drug-likeness (QED) is 0.653. The highest BCUT2D eigenvalue weighted by atomic mass is 32.1. The topological polar surface area (TPSA) is 75.3 Å². The number of carbonyl (C=O) groups is 1. The zero-order chi connectivity index (χ0) is 10.6. The lowest BCUT2D eigenvalue weighted by Gasteiger charge is -2.02. The lowest BCUT2D eigenvalue weighted by Crippen LogP contribution is -2.20. The second-order valence-electron chi connectivity index (χ2n) is 2.72. The van der Waals surface area contributed by atoms with Crippen LogP contribution in [0.25, 0.3) is 0 Å². The van der Waals surface area contributed by atoms with Crippen LogP contribution in [-0.4, -0.2) is 16.2 Å². The van der Waals surface area contributed by atoms with E-state index in [0.29, 0.717) is 4.99 Å². The van der Waals surface area contributed by atoms with E-state index in [4.69, 9.17) is 23.1 Å². The molecule has 1 aromatic rings. The van der Waals surface area contributed by atoms with Crippen molar-refractivity contribution in [1.29, 1.82) is 0 Å². The molecule has 0 aliphatic rings. The third-order valence-electron chi connectivity index (χ3n) is 1.68. The van der Waals surface area contributed by atoms with Crippen LogP contribution < -0.4 is 11.1 Å². The molecule has 1 amide bonds. The summed E-state index contributed by atoms with van der Waals surface area (Å²) in [5.74, 6) is 0. The lowest BCUT2D eigenvalue weighted by molar-refractivity contribution is 0.194. The monoisotopic (exact) mass is 210 g/mol. The molecule has 0 atom stereocenters. The minimum absolute atomic E-state index is 0.285. The Balaban J connectivity index is 2.64.